The third-order valence-corrected chi connectivity index (χ3v) is 6.19. The molecular formula is C32H32N2O5. The number of anilines is 2. The van der Waals surface area contributed by atoms with Crippen LogP contribution >= 0.6 is 0 Å². The maximum absolute atomic E-state index is 13.0. The van der Waals surface area contributed by atoms with E-state index < -0.39 is 12.0 Å². The Kier molecular flexibility index (Phi) is 7.91. The summed E-state index contributed by atoms with van der Waals surface area (Å²) in [4.78, 5) is 24.8. The number of hydrogen-bond acceptors (Lipinski definition) is 4. The van der Waals surface area contributed by atoms with Gasteiger partial charge in [0, 0.05) is 5.69 Å². The van der Waals surface area contributed by atoms with Crippen molar-refractivity contribution in [3.8, 4) is 28.4 Å². The first-order chi connectivity index (χ1) is 18.5. The summed E-state index contributed by atoms with van der Waals surface area (Å²) in [6.07, 6.45) is 0. The molecular weight excluding hydrogens is 492 g/mol. The van der Waals surface area contributed by atoms with Crippen LogP contribution in [0.15, 0.2) is 84.9 Å². The number of aryl methyl sites for hydroxylation is 1. The average Bonchev–Trinajstić information content (AvgIpc) is 2.89. The molecule has 0 aliphatic rings. The van der Waals surface area contributed by atoms with Gasteiger partial charge in [-0.05, 0) is 83.1 Å². The molecule has 0 saturated carbocycles. The SMILES string of the molecule is COc1ccc(-c2ccc(Oc3cccc(C(C)(C)C)c3)c(NC(=O)Nc3cccc(C)c3)c2)cc1C(=O)O. The highest BCUT2D eigenvalue weighted by atomic mass is 16.5. The standard InChI is InChI=1S/C32H32N2O5/c1-20-8-6-10-24(16-20)33-31(37)34-27-18-22(21-12-14-28(38-5)26(17-21)30(35)36)13-15-29(27)39-25-11-7-9-23(19-25)32(2,3)4/h6-19H,1-5H3,(H,35,36)(H2,33,34,37). The topological polar surface area (TPSA) is 96.9 Å². The minimum absolute atomic E-state index is 0.0426. The molecule has 0 aliphatic carbocycles. The monoisotopic (exact) mass is 524 g/mol. The molecule has 0 fully saturated rings. The summed E-state index contributed by atoms with van der Waals surface area (Å²) in [6, 6.07) is 25.1. The Hall–Kier alpha value is -4.78. The molecule has 0 spiro atoms. The minimum Gasteiger partial charge on any atom is -0.496 e. The highest BCUT2D eigenvalue weighted by molar-refractivity contribution is 6.01. The van der Waals surface area contributed by atoms with Gasteiger partial charge in [-0.2, -0.15) is 0 Å². The van der Waals surface area contributed by atoms with E-state index in [2.05, 4.69) is 31.4 Å². The summed E-state index contributed by atoms with van der Waals surface area (Å²) >= 11 is 0. The predicted molar refractivity (Wildman–Crippen MR) is 154 cm³/mol. The Bertz CT molecular complexity index is 1520. The maximum Gasteiger partial charge on any atom is 0.339 e. The van der Waals surface area contributed by atoms with E-state index in [1.807, 2.05) is 61.5 Å². The van der Waals surface area contributed by atoms with Crippen molar-refractivity contribution in [2.45, 2.75) is 33.1 Å². The van der Waals surface area contributed by atoms with Crippen LogP contribution in [0, 0.1) is 6.92 Å². The molecule has 4 rings (SSSR count). The van der Waals surface area contributed by atoms with Gasteiger partial charge in [-0.3, -0.25) is 0 Å². The van der Waals surface area contributed by atoms with Gasteiger partial charge in [-0.15, -0.1) is 0 Å². The highest BCUT2D eigenvalue weighted by Gasteiger charge is 2.17. The number of carboxylic acid groups (broad SMARTS) is 1. The second kappa shape index (κ2) is 11.3. The Balaban J connectivity index is 1.71. The van der Waals surface area contributed by atoms with E-state index in [0.717, 1.165) is 11.1 Å². The summed E-state index contributed by atoms with van der Waals surface area (Å²) in [6.45, 7) is 8.34. The third kappa shape index (κ3) is 6.76. The van der Waals surface area contributed by atoms with Gasteiger partial charge in [0.25, 0.3) is 0 Å². The fourth-order valence-electron chi connectivity index (χ4n) is 4.11. The normalized spacial score (nSPS) is 11.0. The van der Waals surface area contributed by atoms with E-state index in [9.17, 15) is 14.7 Å². The number of methoxy groups -OCH3 is 1. The van der Waals surface area contributed by atoms with Crippen molar-refractivity contribution in [1.29, 1.82) is 0 Å². The molecule has 0 unspecified atom stereocenters. The van der Waals surface area contributed by atoms with Crippen molar-refractivity contribution >= 4 is 23.4 Å². The minimum atomic E-state index is -1.09. The van der Waals surface area contributed by atoms with Gasteiger partial charge in [0.1, 0.15) is 17.1 Å². The number of ether oxygens (including phenoxy) is 2. The van der Waals surface area contributed by atoms with E-state index in [0.29, 0.717) is 34.0 Å². The lowest BCUT2D eigenvalue weighted by molar-refractivity contribution is 0.0693. The largest absolute Gasteiger partial charge is 0.496 e. The van der Waals surface area contributed by atoms with E-state index in [4.69, 9.17) is 9.47 Å². The van der Waals surface area contributed by atoms with E-state index in [1.165, 1.54) is 7.11 Å². The van der Waals surface area contributed by atoms with Crippen LogP contribution in [0.2, 0.25) is 0 Å². The number of carbonyl (C=O) groups excluding carboxylic acids is 1. The molecule has 0 saturated heterocycles. The number of urea groups is 1. The van der Waals surface area contributed by atoms with Gasteiger partial charge < -0.3 is 25.2 Å². The van der Waals surface area contributed by atoms with Gasteiger partial charge in [-0.25, -0.2) is 9.59 Å². The van der Waals surface area contributed by atoms with Crippen LogP contribution in [0.25, 0.3) is 11.1 Å². The van der Waals surface area contributed by atoms with Crippen molar-refractivity contribution < 1.29 is 24.2 Å². The number of carboxylic acids is 1. The summed E-state index contributed by atoms with van der Waals surface area (Å²) in [5.41, 5.74) is 4.54. The smallest absolute Gasteiger partial charge is 0.339 e. The second-order valence-corrected chi connectivity index (χ2v) is 10.3. The number of nitrogens with one attached hydrogen (secondary N) is 2. The average molecular weight is 525 g/mol. The zero-order valence-electron chi connectivity index (χ0n) is 22.7. The molecule has 4 aromatic rings. The molecule has 0 bridgehead atoms. The predicted octanol–water partition coefficient (Wildman–Crippen LogP) is 8.10. The molecule has 7 heteroatoms. The Labute approximate surface area is 228 Å². The van der Waals surface area contributed by atoms with Crippen LogP contribution in [0.4, 0.5) is 16.2 Å². The van der Waals surface area contributed by atoms with Crippen molar-refractivity contribution in [2.24, 2.45) is 0 Å². The van der Waals surface area contributed by atoms with Crippen LogP contribution in [0.1, 0.15) is 42.3 Å². The summed E-state index contributed by atoms with van der Waals surface area (Å²) in [5, 5.41) is 15.4. The number of rotatable bonds is 7. The molecule has 0 aliphatic heterocycles. The van der Waals surface area contributed by atoms with Gasteiger partial charge in [0.2, 0.25) is 0 Å². The maximum atomic E-state index is 13.0. The Morgan fingerprint density at radius 2 is 1.49 bits per heavy atom. The van der Waals surface area contributed by atoms with Crippen molar-refractivity contribution in [1.82, 2.24) is 0 Å². The Morgan fingerprint density at radius 1 is 0.795 bits per heavy atom. The lowest BCUT2D eigenvalue weighted by Crippen LogP contribution is -2.19. The summed E-state index contributed by atoms with van der Waals surface area (Å²) in [5.74, 6) is 0.246. The molecule has 2 amide bonds. The van der Waals surface area contributed by atoms with Crippen molar-refractivity contribution in [2.75, 3.05) is 17.7 Å². The quantitative estimate of drug-likeness (QED) is 0.227. The van der Waals surface area contributed by atoms with Crippen LogP contribution < -0.4 is 20.1 Å². The zero-order valence-corrected chi connectivity index (χ0v) is 22.7. The first-order valence-corrected chi connectivity index (χ1v) is 12.5. The lowest BCUT2D eigenvalue weighted by atomic mass is 9.87. The molecule has 200 valence electrons. The first kappa shape index (κ1) is 27.3. The molecule has 7 nitrogen and oxygen atoms in total. The summed E-state index contributed by atoms with van der Waals surface area (Å²) < 4.78 is 11.4. The molecule has 0 atom stereocenters. The Morgan fingerprint density at radius 3 is 2.15 bits per heavy atom. The number of benzene rings is 4. The summed E-state index contributed by atoms with van der Waals surface area (Å²) in [7, 11) is 1.43. The fourth-order valence-corrected chi connectivity index (χ4v) is 4.11. The molecule has 0 radical (unpaired) electrons. The van der Waals surface area contributed by atoms with Gasteiger partial charge >= 0.3 is 12.0 Å². The van der Waals surface area contributed by atoms with E-state index >= 15 is 0 Å². The van der Waals surface area contributed by atoms with Crippen LogP contribution in [0.3, 0.4) is 0 Å². The molecule has 4 aromatic carbocycles. The van der Waals surface area contributed by atoms with Crippen molar-refractivity contribution in [3.63, 3.8) is 0 Å². The molecule has 0 aromatic heterocycles. The van der Waals surface area contributed by atoms with Gasteiger partial charge in [-0.1, -0.05) is 57.2 Å². The fraction of sp³-hybridized carbons (Fsp3) is 0.188. The third-order valence-electron chi connectivity index (χ3n) is 6.19. The zero-order chi connectivity index (χ0) is 28.2. The van der Waals surface area contributed by atoms with Crippen LogP contribution in [-0.2, 0) is 5.41 Å². The molecule has 0 heterocycles. The van der Waals surface area contributed by atoms with Crippen molar-refractivity contribution in [3.05, 3.63) is 102 Å². The second-order valence-electron chi connectivity index (χ2n) is 10.3. The van der Waals surface area contributed by atoms with Crippen LogP contribution in [-0.4, -0.2) is 24.2 Å². The van der Waals surface area contributed by atoms with E-state index in [1.54, 1.807) is 30.3 Å². The first-order valence-electron chi connectivity index (χ1n) is 12.5. The van der Waals surface area contributed by atoms with Gasteiger partial charge in [0.05, 0.1) is 12.8 Å². The number of hydrogen-bond donors (Lipinski definition) is 3. The van der Waals surface area contributed by atoms with E-state index in [-0.39, 0.29) is 16.7 Å². The number of carbonyl (C=O) groups is 2. The number of aromatic carboxylic acids is 1. The van der Waals surface area contributed by atoms with Gasteiger partial charge in [0.15, 0.2) is 5.75 Å². The highest BCUT2D eigenvalue weighted by Crippen LogP contribution is 2.36. The number of amides is 2. The molecule has 39 heavy (non-hydrogen) atoms. The molecule has 3 N–H and O–H groups in total. The van der Waals surface area contributed by atoms with Crippen LogP contribution in [0.5, 0.6) is 17.2 Å². The lowest BCUT2D eigenvalue weighted by Gasteiger charge is -2.20.